The molecule has 0 spiro atoms. The van der Waals surface area contributed by atoms with Crippen molar-refractivity contribution in [3.05, 3.63) is 53.1 Å². The fraction of sp³-hybridized carbons (Fsp3) is 0.583. The number of aromatic nitrogens is 2. The Labute approximate surface area is 185 Å². The lowest BCUT2D eigenvalue weighted by atomic mass is 9.96. The largest absolute Gasteiger partial charge is 0.339 e. The maximum absolute atomic E-state index is 14.1. The van der Waals surface area contributed by atoms with Crippen LogP contribution in [0.1, 0.15) is 29.8 Å². The van der Waals surface area contributed by atoms with E-state index in [9.17, 15) is 9.18 Å². The average Bonchev–Trinajstić information content (AvgIpc) is 3.03. The summed E-state index contributed by atoms with van der Waals surface area (Å²) in [6, 6.07) is 9.01. The fourth-order valence-electron chi connectivity index (χ4n) is 4.32. The third kappa shape index (κ3) is 6.87. The fourth-order valence-corrected chi connectivity index (χ4v) is 4.32. The minimum atomic E-state index is -0.141. The number of piperidine rings is 1. The zero-order valence-electron chi connectivity index (χ0n) is 19.4. The summed E-state index contributed by atoms with van der Waals surface area (Å²) in [4.78, 5) is 19.6. The number of likely N-dealkylation sites (tertiary alicyclic amines) is 1. The quantitative estimate of drug-likeness (QED) is 0.615. The van der Waals surface area contributed by atoms with Crippen molar-refractivity contribution >= 4 is 5.91 Å². The maximum Gasteiger partial charge on any atom is 0.244 e. The number of carbonyl (C=O) groups is 1. The van der Waals surface area contributed by atoms with Gasteiger partial charge in [0.25, 0.3) is 0 Å². The third-order valence-electron chi connectivity index (χ3n) is 5.99. The first-order valence-electron chi connectivity index (χ1n) is 11.2. The first-order valence-corrected chi connectivity index (χ1v) is 11.2. The van der Waals surface area contributed by atoms with Crippen LogP contribution in [0.4, 0.5) is 4.39 Å². The van der Waals surface area contributed by atoms with Gasteiger partial charge in [-0.25, -0.2) is 4.39 Å². The van der Waals surface area contributed by atoms with Crippen molar-refractivity contribution in [3.63, 3.8) is 0 Å². The van der Waals surface area contributed by atoms with Crippen molar-refractivity contribution in [2.45, 2.75) is 39.8 Å². The number of hydrogen-bond donors (Lipinski definition) is 0. The SMILES string of the molecule is Cc1cc(C)n(CC(=O)N(CCN(C)C)CC2CCCN(Cc3ccccc3F)C2)n1. The highest BCUT2D eigenvalue weighted by molar-refractivity contribution is 5.76. The Balaban J connectivity index is 1.63. The van der Waals surface area contributed by atoms with Gasteiger partial charge in [-0.2, -0.15) is 5.10 Å². The summed E-state index contributed by atoms with van der Waals surface area (Å²) in [5, 5.41) is 4.46. The van der Waals surface area contributed by atoms with E-state index in [1.54, 1.807) is 10.7 Å². The van der Waals surface area contributed by atoms with Gasteiger partial charge in [-0.05, 0) is 65.4 Å². The van der Waals surface area contributed by atoms with Crippen molar-refractivity contribution in [2.24, 2.45) is 5.92 Å². The molecular weight excluding hydrogens is 393 g/mol. The molecule has 1 aromatic carbocycles. The Bertz CT molecular complexity index is 865. The Morgan fingerprint density at radius 3 is 2.68 bits per heavy atom. The Morgan fingerprint density at radius 2 is 2.00 bits per heavy atom. The second-order valence-corrected chi connectivity index (χ2v) is 9.06. The van der Waals surface area contributed by atoms with E-state index in [1.807, 2.05) is 51.0 Å². The van der Waals surface area contributed by atoms with Gasteiger partial charge < -0.3 is 9.80 Å². The smallest absolute Gasteiger partial charge is 0.244 e. The van der Waals surface area contributed by atoms with Crippen LogP contribution in [0.2, 0.25) is 0 Å². The molecule has 7 heteroatoms. The van der Waals surface area contributed by atoms with Crippen LogP contribution < -0.4 is 0 Å². The molecule has 1 aliphatic rings. The van der Waals surface area contributed by atoms with Crippen LogP contribution in [-0.4, -0.2) is 77.2 Å². The first-order chi connectivity index (χ1) is 14.8. The normalized spacial score (nSPS) is 17.3. The van der Waals surface area contributed by atoms with E-state index in [2.05, 4.69) is 14.9 Å². The Kier molecular flexibility index (Phi) is 8.21. The molecule has 0 bridgehead atoms. The molecule has 3 rings (SSSR count). The van der Waals surface area contributed by atoms with Crippen LogP contribution in [0.3, 0.4) is 0 Å². The summed E-state index contributed by atoms with van der Waals surface area (Å²) < 4.78 is 15.9. The molecule has 0 aliphatic carbocycles. The van der Waals surface area contributed by atoms with Crippen molar-refractivity contribution < 1.29 is 9.18 Å². The van der Waals surface area contributed by atoms with Gasteiger partial charge in [0, 0.05) is 44.0 Å². The molecule has 170 valence electrons. The first kappa shape index (κ1) is 23.4. The van der Waals surface area contributed by atoms with Gasteiger partial charge in [0.15, 0.2) is 0 Å². The molecule has 1 atom stereocenters. The molecule has 31 heavy (non-hydrogen) atoms. The van der Waals surface area contributed by atoms with Crippen LogP contribution in [0.25, 0.3) is 0 Å². The summed E-state index contributed by atoms with van der Waals surface area (Å²) in [7, 11) is 4.06. The van der Waals surface area contributed by atoms with Gasteiger partial charge in [0.2, 0.25) is 5.91 Å². The summed E-state index contributed by atoms with van der Waals surface area (Å²) in [6.45, 7) is 8.97. The van der Waals surface area contributed by atoms with Crippen molar-refractivity contribution in [2.75, 3.05) is 46.8 Å². The van der Waals surface area contributed by atoms with Gasteiger partial charge in [-0.3, -0.25) is 14.4 Å². The molecule has 1 amide bonds. The van der Waals surface area contributed by atoms with Crippen molar-refractivity contribution in [3.8, 4) is 0 Å². The van der Waals surface area contributed by atoms with E-state index in [4.69, 9.17) is 0 Å². The number of hydrogen-bond acceptors (Lipinski definition) is 4. The zero-order chi connectivity index (χ0) is 22.4. The lowest BCUT2D eigenvalue weighted by molar-refractivity contribution is -0.133. The molecule has 1 aromatic heterocycles. The van der Waals surface area contributed by atoms with Gasteiger partial charge in [0.05, 0.1) is 5.69 Å². The number of likely N-dealkylation sites (N-methyl/N-ethyl adjacent to an activating group) is 1. The standard InChI is InChI=1S/C24H36FN5O/c1-19-14-20(2)30(26-19)18-24(31)29(13-12-27(3)4)16-21-8-7-11-28(15-21)17-22-9-5-6-10-23(22)25/h5-6,9-10,14,21H,7-8,11-13,15-18H2,1-4H3. The number of rotatable bonds is 9. The number of halogens is 1. The van der Waals surface area contributed by atoms with Gasteiger partial charge >= 0.3 is 0 Å². The lowest BCUT2D eigenvalue weighted by Gasteiger charge is -2.36. The summed E-state index contributed by atoms with van der Waals surface area (Å²) in [5.74, 6) is 0.365. The Morgan fingerprint density at radius 1 is 1.23 bits per heavy atom. The maximum atomic E-state index is 14.1. The second-order valence-electron chi connectivity index (χ2n) is 9.06. The summed E-state index contributed by atoms with van der Waals surface area (Å²) in [6.07, 6.45) is 2.17. The monoisotopic (exact) mass is 429 g/mol. The minimum absolute atomic E-state index is 0.110. The second kappa shape index (κ2) is 10.9. The highest BCUT2D eigenvalue weighted by Crippen LogP contribution is 2.21. The number of benzene rings is 1. The van der Waals surface area contributed by atoms with E-state index >= 15 is 0 Å². The van der Waals surface area contributed by atoms with Gasteiger partial charge in [-0.15, -0.1) is 0 Å². The van der Waals surface area contributed by atoms with Crippen LogP contribution in [0.15, 0.2) is 30.3 Å². The van der Waals surface area contributed by atoms with Crippen LogP contribution in [0.5, 0.6) is 0 Å². The molecule has 1 aliphatic heterocycles. The summed E-state index contributed by atoms with van der Waals surface area (Å²) in [5.41, 5.74) is 2.68. The molecule has 2 heterocycles. The molecule has 1 saturated heterocycles. The molecule has 0 saturated carbocycles. The average molecular weight is 430 g/mol. The predicted octanol–water partition coefficient (Wildman–Crippen LogP) is 2.94. The molecule has 1 fully saturated rings. The predicted molar refractivity (Wildman–Crippen MR) is 121 cm³/mol. The highest BCUT2D eigenvalue weighted by Gasteiger charge is 2.25. The summed E-state index contributed by atoms with van der Waals surface area (Å²) >= 11 is 0. The molecule has 2 aromatic rings. The topological polar surface area (TPSA) is 44.6 Å². The molecule has 6 nitrogen and oxygen atoms in total. The molecule has 0 radical (unpaired) electrons. The van der Waals surface area contributed by atoms with Crippen LogP contribution in [0, 0.1) is 25.6 Å². The van der Waals surface area contributed by atoms with E-state index in [0.717, 1.165) is 56.0 Å². The van der Waals surface area contributed by atoms with E-state index < -0.39 is 0 Å². The van der Waals surface area contributed by atoms with E-state index in [-0.39, 0.29) is 18.3 Å². The number of nitrogens with zero attached hydrogens (tertiary/aromatic N) is 5. The molecular formula is C24H36FN5O. The number of aryl methyl sites for hydroxylation is 2. The number of carbonyl (C=O) groups excluding carboxylic acids is 1. The van der Waals surface area contributed by atoms with Crippen LogP contribution in [-0.2, 0) is 17.9 Å². The Hall–Kier alpha value is -2.25. The van der Waals surface area contributed by atoms with Crippen molar-refractivity contribution in [1.82, 2.24) is 24.5 Å². The lowest BCUT2D eigenvalue weighted by Crippen LogP contribution is -2.45. The van der Waals surface area contributed by atoms with Gasteiger partial charge in [0.1, 0.15) is 12.4 Å². The highest BCUT2D eigenvalue weighted by atomic mass is 19.1. The van der Waals surface area contributed by atoms with Gasteiger partial charge in [-0.1, -0.05) is 18.2 Å². The van der Waals surface area contributed by atoms with Crippen LogP contribution >= 0.6 is 0 Å². The number of amides is 1. The van der Waals surface area contributed by atoms with Crippen molar-refractivity contribution in [1.29, 1.82) is 0 Å². The molecule has 0 N–H and O–H groups in total. The third-order valence-corrected chi connectivity index (χ3v) is 5.99. The van der Waals surface area contributed by atoms with E-state index in [1.165, 1.54) is 6.07 Å². The van der Waals surface area contributed by atoms with E-state index in [0.29, 0.717) is 19.0 Å². The zero-order valence-corrected chi connectivity index (χ0v) is 19.4. The molecule has 1 unspecified atom stereocenters. The minimum Gasteiger partial charge on any atom is -0.339 e.